The summed E-state index contributed by atoms with van der Waals surface area (Å²) >= 11 is 0. The third-order valence-electron chi connectivity index (χ3n) is 2.46. The van der Waals surface area contributed by atoms with Crippen molar-refractivity contribution in [3.8, 4) is 5.75 Å². The Balaban J connectivity index is 1.83. The number of carbonyl (C=O) groups is 3. The number of amides is 2. The molecule has 0 bridgehead atoms. The monoisotopic (exact) mass is 265 g/mol. The van der Waals surface area contributed by atoms with E-state index in [0.717, 1.165) is 0 Å². The van der Waals surface area contributed by atoms with Gasteiger partial charge in [0, 0.05) is 12.8 Å². The molecule has 1 aromatic carbocycles. The van der Waals surface area contributed by atoms with Crippen LogP contribution in [-0.2, 0) is 25.8 Å². The molecule has 0 unspecified atom stereocenters. The van der Waals surface area contributed by atoms with E-state index >= 15 is 0 Å². The summed E-state index contributed by atoms with van der Waals surface area (Å²) in [6, 6.07) is 6.01. The summed E-state index contributed by atoms with van der Waals surface area (Å²) in [6.45, 7) is -0.0880. The number of phenolic OH excluding ortho intramolecular Hbond substituents is 1. The van der Waals surface area contributed by atoms with Gasteiger partial charge in [0.25, 0.3) is 11.8 Å². The molecule has 1 fully saturated rings. The van der Waals surface area contributed by atoms with Crippen LogP contribution in [0.3, 0.4) is 0 Å². The predicted molar refractivity (Wildman–Crippen MR) is 60.5 cm³/mol. The average Bonchev–Trinajstić information content (AvgIpc) is 2.70. The smallest absolute Gasteiger partial charge is 0.508 e. The number of nitrogens with zero attached hydrogens (tertiary/aromatic N) is 1. The molecule has 1 heterocycles. The minimum absolute atomic E-state index is 0.0318. The van der Waals surface area contributed by atoms with Gasteiger partial charge in [0.1, 0.15) is 12.4 Å². The standard InChI is InChI=1S/C12H11NO6/c14-9-3-1-8(2-4-9)7-18-12(17)19-13-10(15)5-6-11(13)16/h1-4,14H,5-7H2. The third-order valence-corrected chi connectivity index (χ3v) is 2.46. The molecule has 19 heavy (non-hydrogen) atoms. The molecule has 2 rings (SSSR count). The molecule has 0 aromatic heterocycles. The van der Waals surface area contributed by atoms with Crippen molar-refractivity contribution in [2.45, 2.75) is 19.4 Å². The number of hydrogen-bond acceptors (Lipinski definition) is 6. The first kappa shape index (κ1) is 12.9. The van der Waals surface area contributed by atoms with Gasteiger partial charge in [0.15, 0.2) is 0 Å². The number of phenols is 1. The first-order valence-electron chi connectivity index (χ1n) is 5.54. The van der Waals surface area contributed by atoms with Crippen molar-refractivity contribution in [1.29, 1.82) is 0 Å². The minimum Gasteiger partial charge on any atom is -0.508 e. The van der Waals surface area contributed by atoms with Crippen LogP contribution < -0.4 is 0 Å². The largest absolute Gasteiger partial charge is 0.534 e. The molecule has 0 saturated carbocycles. The highest BCUT2D eigenvalue weighted by Crippen LogP contribution is 2.14. The Bertz CT molecular complexity index is 493. The Labute approximate surface area is 108 Å². The normalized spacial score (nSPS) is 14.6. The number of rotatable bonds is 3. The van der Waals surface area contributed by atoms with Crippen LogP contribution >= 0.6 is 0 Å². The van der Waals surface area contributed by atoms with Gasteiger partial charge in [-0.25, -0.2) is 4.79 Å². The molecule has 0 aliphatic carbocycles. The summed E-state index contributed by atoms with van der Waals surface area (Å²) in [7, 11) is 0. The molecule has 1 aliphatic heterocycles. The lowest BCUT2D eigenvalue weighted by molar-refractivity contribution is -0.177. The van der Waals surface area contributed by atoms with Crippen LogP contribution in [0.5, 0.6) is 5.75 Å². The van der Waals surface area contributed by atoms with E-state index in [0.29, 0.717) is 10.6 Å². The van der Waals surface area contributed by atoms with Crippen molar-refractivity contribution in [3.05, 3.63) is 29.8 Å². The predicted octanol–water partition coefficient (Wildman–Crippen LogP) is 1.11. The van der Waals surface area contributed by atoms with Gasteiger partial charge in [-0.1, -0.05) is 17.2 Å². The second-order valence-corrected chi connectivity index (χ2v) is 3.88. The van der Waals surface area contributed by atoms with E-state index in [4.69, 9.17) is 9.84 Å². The number of ether oxygens (including phenoxy) is 1. The second kappa shape index (κ2) is 5.38. The summed E-state index contributed by atoms with van der Waals surface area (Å²) in [5.74, 6) is -1.03. The molecule has 7 nitrogen and oxygen atoms in total. The maximum absolute atomic E-state index is 11.3. The topological polar surface area (TPSA) is 93.1 Å². The Morgan fingerprint density at radius 2 is 1.74 bits per heavy atom. The molecule has 1 aliphatic rings. The first-order chi connectivity index (χ1) is 9.06. The zero-order valence-electron chi connectivity index (χ0n) is 9.87. The highest BCUT2D eigenvalue weighted by Gasteiger charge is 2.33. The number of benzene rings is 1. The van der Waals surface area contributed by atoms with Crippen LogP contribution in [-0.4, -0.2) is 28.1 Å². The van der Waals surface area contributed by atoms with Gasteiger partial charge in [0.05, 0.1) is 0 Å². The molecule has 1 saturated heterocycles. The number of aromatic hydroxyl groups is 1. The van der Waals surface area contributed by atoms with E-state index in [9.17, 15) is 14.4 Å². The average molecular weight is 265 g/mol. The Morgan fingerprint density at radius 1 is 1.16 bits per heavy atom. The fourth-order valence-corrected chi connectivity index (χ4v) is 1.49. The van der Waals surface area contributed by atoms with Crippen LogP contribution in [0.25, 0.3) is 0 Å². The van der Waals surface area contributed by atoms with E-state index in [1.165, 1.54) is 12.1 Å². The van der Waals surface area contributed by atoms with Crippen molar-refractivity contribution in [1.82, 2.24) is 5.06 Å². The van der Waals surface area contributed by atoms with E-state index in [2.05, 4.69) is 4.84 Å². The molecule has 2 amide bonds. The van der Waals surface area contributed by atoms with Crippen molar-refractivity contribution >= 4 is 18.0 Å². The van der Waals surface area contributed by atoms with Crippen molar-refractivity contribution in [2.24, 2.45) is 0 Å². The lowest BCUT2D eigenvalue weighted by atomic mass is 10.2. The molecule has 100 valence electrons. The Hall–Kier alpha value is -2.57. The highest BCUT2D eigenvalue weighted by atomic mass is 16.8. The molecule has 7 heteroatoms. The fourth-order valence-electron chi connectivity index (χ4n) is 1.49. The van der Waals surface area contributed by atoms with Gasteiger partial charge in [-0.2, -0.15) is 0 Å². The molecule has 1 N–H and O–H groups in total. The Kier molecular flexibility index (Phi) is 3.65. The van der Waals surface area contributed by atoms with E-state index in [-0.39, 0.29) is 25.2 Å². The summed E-state index contributed by atoms with van der Waals surface area (Å²) in [5.41, 5.74) is 0.633. The van der Waals surface area contributed by atoms with Gasteiger partial charge in [0.2, 0.25) is 0 Å². The molecule has 0 spiro atoms. The van der Waals surface area contributed by atoms with Crippen LogP contribution in [0, 0.1) is 0 Å². The van der Waals surface area contributed by atoms with E-state index < -0.39 is 18.0 Å². The van der Waals surface area contributed by atoms with Crippen LogP contribution in [0.2, 0.25) is 0 Å². The fraction of sp³-hybridized carbons (Fsp3) is 0.250. The van der Waals surface area contributed by atoms with Gasteiger partial charge < -0.3 is 9.84 Å². The number of hydroxylamine groups is 2. The molecule has 0 atom stereocenters. The number of hydrogen-bond donors (Lipinski definition) is 1. The van der Waals surface area contributed by atoms with Crippen molar-refractivity contribution in [2.75, 3.05) is 0 Å². The van der Waals surface area contributed by atoms with Crippen LogP contribution in [0.4, 0.5) is 4.79 Å². The van der Waals surface area contributed by atoms with Crippen LogP contribution in [0.15, 0.2) is 24.3 Å². The maximum atomic E-state index is 11.3. The maximum Gasteiger partial charge on any atom is 0.534 e. The summed E-state index contributed by atoms with van der Waals surface area (Å²) in [5, 5.41) is 9.48. The van der Waals surface area contributed by atoms with E-state index in [1.54, 1.807) is 12.1 Å². The summed E-state index contributed by atoms with van der Waals surface area (Å²) in [4.78, 5) is 38.1. The van der Waals surface area contributed by atoms with Crippen molar-refractivity contribution in [3.63, 3.8) is 0 Å². The number of carbonyl (C=O) groups excluding carboxylic acids is 3. The Morgan fingerprint density at radius 3 is 2.32 bits per heavy atom. The zero-order chi connectivity index (χ0) is 13.8. The summed E-state index contributed by atoms with van der Waals surface area (Å²) < 4.78 is 4.74. The number of imide groups is 1. The van der Waals surface area contributed by atoms with Crippen LogP contribution in [0.1, 0.15) is 18.4 Å². The highest BCUT2D eigenvalue weighted by molar-refractivity contribution is 6.01. The van der Waals surface area contributed by atoms with Gasteiger partial charge >= 0.3 is 6.16 Å². The molecular weight excluding hydrogens is 254 g/mol. The second-order valence-electron chi connectivity index (χ2n) is 3.88. The lowest BCUT2D eigenvalue weighted by Gasteiger charge is -2.12. The van der Waals surface area contributed by atoms with Crippen molar-refractivity contribution < 1.29 is 29.1 Å². The quantitative estimate of drug-likeness (QED) is 0.650. The SMILES string of the molecule is O=C(OCc1ccc(O)cc1)ON1C(=O)CCC1=O. The summed E-state index contributed by atoms with van der Waals surface area (Å²) in [6.07, 6.45) is -1.06. The molecule has 0 radical (unpaired) electrons. The van der Waals surface area contributed by atoms with Gasteiger partial charge in [-0.3, -0.25) is 14.4 Å². The third kappa shape index (κ3) is 3.21. The molecule has 1 aromatic rings. The molecular formula is C12H11NO6. The lowest BCUT2D eigenvalue weighted by Crippen LogP contribution is -2.32. The zero-order valence-corrected chi connectivity index (χ0v) is 9.87. The van der Waals surface area contributed by atoms with Gasteiger partial charge in [-0.15, -0.1) is 0 Å². The van der Waals surface area contributed by atoms with Gasteiger partial charge in [-0.05, 0) is 17.7 Å². The first-order valence-corrected chi connectivity index (χ1v) is 5.54. The van der Waals surface area contributed by atoms with E-state index in [1.807, 2.05) is 0 Å². The minimum atomic E-state index is -1.13.